The van der Waals surface area contributed by atoms with Crippen molar-refractivity contribution in [1.29, 1.82) is 5.26 Å². The minimum absolute atomic E-state index is 0.0403. The number of nitrogens with zero attached hydrogens (tertiary/aromatic N) is 1. The summed E-state index contributed by atoms with van der Waals surface area (Å²) in [7, 11) is 0. The summed E-state index contributed by atoms with van der Waals surface area (Å²) in [4.78, 5) is 13.2. The fraction of sp³-hybridized carbons (Fsp3) is 0.154. The Hall–Kier alpha value is -3.55. The number of nitrogens with one attached hydrogen (secondary N) is 1. The van der Waals surface area contributed by atoms with Crippen molar-refractivity contribution in [2.45, 2.75) is 26.8 Å². The van der Waals surface area contributed by atoms with Crippen LogP contribution in [0.5, 0.6) is 0 Å². The van der Waals surface area contributed by atoms with Gasteiger partial charge in [-0.05, 0) is 50.6 Å². The zero-order valence-corrected chi connectivity index (χ0v) is 18.2. The Morgan fingerprint density at radius 3 is 2.52 bits per heavy atom. The lowest BCUT2D eigenvalue weighted by molar-refractivity contribution is 0.605. The largest absolute Gasteiger partial charge is 0.455 e. The second kappa shape index (κ2) is 8.29. The first-order valence-electron chi connectivity index (χ1n) is 9.98. The van der Waals surface area contributed by atoms with Crippen LogP contribution in [0.3, 0.4) is 0 Å². The molecule has 0 amide bonds. The van der Waals surface area contributed by atoms with Gasteiger partial charge in [0.2, 0.25) is 0 Å². The molecule has 5 heteroatoms. The fourth-order valence-electron chi connectivity index (χ4n) is 3.80. The van der Waals surface area contributed by atoms with Gasteiger partial charge in [-0.15, -0.1) is 0 Å². The highest BCUT2D eigenvalue weighted by Gasteiger charge is 2.19. The van der Waals surface area contributed by atoms with Crippen LogP contribution in [0, 0.1) is 25.2 Å². The van der Waals surface area contributed by atoms with E-state index in [0.29, 0.717) is 38.6 Å². The number of nitriles is 1. The molecule has 154 valence electrons. The number of rotatable bonds is 4. The van der Waals surface area contributed by atoms with Gasteiger partial charge in [0.25, 0.3) is 0 Å². The molecule has 0 bridgehead atoms. The average molecular weight is 429 g/mol. The molecular weight excluding hydrogens is 408 g/mol. The third kappa shape index (κ3) is 3.93. The van der Waals surface area contributed by atoms with Crippen LogP contribution < -0.4 is 10.7 Å². The summed E-state index contributed by atoms with van der Waals surface area (Å²) in [6.45, 7) is 5.73. The Morgan fingerprint density at radius 2 is 1.81 bits per heavy atom. The predicted molar refractivity (Wildman–Crippen MR) is 126 cm³/mol. The van der Waals surface area contributed by atoms with Crippen molar-refractivity contribution in [3.63, 3.8) is 0 Å². The number of anilines is 1. The quantitative estimate of drug-likeness (QED) is 0.389. The normalized spacial score (nSPS) is 11.8. The highest BCUT2D eigenvalue weighted by atomic mass is 35.5. The van der Waals surface area contributed by atoms with E-state index in [2.05, 4.69) is 11.4 Å². The third-order valence-electron chi connectivity index (χ3n) is 5.37. The molecule has 1 atom stereocenters. The monoisotopic (exact) mass is 428 g/mol. The van der Waals surface area contributed by atoms with Crippen molar-refractivity contribution in [1.82, 2.24) is 0 Å². The minimum atomic E-state index is -0.217. The first kappa shape index (κ1) is 20.7. The highest BCUT2D eigenvalue weighted by Crippen LogP contribution is 2.32. The first-order valence-corrected chi connectivity index (χ1v) is 10.4. The summed E-state index contributed by atoms with van der Waals surface area (Å²) < 4.78 is 6.35. The molecule has 0 unspecified atom stereocenters. The van der Waals surface area contributed by atoms with Gasteiger partial charge in [-0.1, -0.05) is 48.0 Å². The third-order valence-corrected chi connectivity index (χ3v) is 5.60. The van der Waals surface area contributed by atoms with Gasteiger partial charge in [-0.2, -0.15) is 5.26 Å². The van der Waals surface area contributed by atoms with E-state index in [4.69, 9.17) is 16.0 Å². The summed E-state index contributed by atoms with van der Waals surface area (Å²) in [6, 6.07) is 20.6. The molecule has 1 aromatic heterocycles. The molecule has 1 N–H and O–H groups in total. The Balaban J connectivity index is 1.89. The Labute approximate surface area is 185 Å². The smallest absolute Gasteiger partial charge is 0.196 e. The maximum absolute atomic E-state index is 13.2. The lowest BCUT2D eigenvalue weighted by Crippen LogP contribution is -2.13. The molecule has 4 nitrogen and oxygen atoms in total. The van der Waals surface area contributed by atoms with Crippen molar-refractivity contribution in [3.05, 3.63) is 98.2 Å². The van der Waals surface area contributed by atoms with Crippen molar-refractivity contribution >= 4 is 28.3 Å². The van der Waals surface area contributed by atoms with E-state index in [-0.39, 0.29) is 11.5 Å². The summed E-state index contributed by atoms with van der Waals surface area (Å²) in [5, 5.41) is 13.9. The number of fused-ring (bicyclic) bond motifs is 1. The zero-order chi connectivity index (χ0) is 22.1. The SMILES string of the molecule is Cc1cc([C@@H](C)Nc2ccc(Cl)cc2C#N)c2oc(-c3ccccc3)c(C)c(=O)c2c1. The molecule has 0 aliphatic rings. The molecule has 4 aromatic rings. The van der Waals surface area contributed by atoms with Crippen LogP contribution in [0.15, 0.2) is 69.9 Å². The van der Waals surface area contributed by atoms with E-state index in [1.807, 2.05) is 56.3 Å². The van der Waals surface area contributed by atoms with Gasteiger partial charge in [-0.3, -0.25) is 4.79 Å². The Kier molecular flexibility index (Phi) is 5.54. The maximum atomic E-state index is 13.2. The van der Waals surface area contributed by atoms with Crippen molar-refractivity contribution in [3.8, 4) is 17.4 Å². The molecule has 3 aromatic carbocycles. The second-order valence-corrected chi connectivity index (χ2v) is 8.09. The average Bonchev–Trinajstić information content (AvgIpc) is 2.77. The Morgan fingerprint density at radius 1 is 1.06 bits per heavy atom. The van der Waals surface area contributed by atoms with Crippen molar-refractivity contribution in [2.24, 2.45) is 0 Å². The number of hydrogen-bond donors (Lipinski definition) is 1. The molecule has 0 aliphatic heterocycles. The van der Waals surface area contributed by atoms with Crippen molar-refractivity contribution in [2.75, 3.05) is 5.32 Å². The topological polar surface area (TPSA) is 66.0 Å². The fourth-order valence-corrected chi connectivity index (χ4v) is 3.97. The Bertz CT molecular complexity index is 1380. The summed E-state index contributed by atoms with van der Waals surface area (Å²) in [5.41, 5.74) is 4.89. The standard InChI is InChI=1S/C26H21ClN2O2/c1-15-11-21(17(3)29-23-10-9-20(27)13-19(23)14-28)26-22(12-15)24(30)16(2)25(31-26)18-7-5-4-6-8-18/h4-13,17,29H,1-3H3/t17-/m1/s1. The molecular formula is C26H21ClN2O2. The molecule has 0 radical (unpaired) electrons. The number of aryl methyl sites for hydroxylation is 1. The molecule has 31 heavy (non-hydrogen) atoms. The van der Waals surface area contributed by atoms with E-state index >= 15 is 0 Å². The highest BCUT2D eigenvalue weighted by molar-refractivity contribution is 6.30. The van der Waals surface area contributed by atoms with Crippen molar-refractivity contribution < 1.29 is 4.42 Å². The molecule has 0 fully saturated rings. The first-order chi connectivity index (χ1) is 14.9. The lowest BCUT2D eigenvalue weighted by atomic mass is 9.98. The number of hydrogen-bond acceptors (Lipinski definition) is 4. The summed E-state index contributed by atoms with van der Waals surface area (Å²) in [5.74, 6) is 0.569. The van der Waals surface area contributed by atoms with Crippen LogP contribution in [-0.2, 0) is 0 Å². The van der Waals surface area contributed by atoms with E-state index < -0.39 is 0 Å². The zero-order valence-electron chi connectivity index (χ0n) is 17.5. The van der Waals surface area contributed by atoms with Crippen LogP contribution in [0.25, 0.3) is 22.3 Å². The molecule has 0 saturated heterocycles. The van der Waals surface area contributed by atoms with E-state index in [1.165, 1.54) is 0 Å². The van der Waals surface area contributed by atoms with E-state index in [9.17, 15) is 10.1 Å². The van der Waals surface area contributed by atoms with Crippen LogP contribution in [0.2, 0.25) is 5.02 Å². The van der Waals surface area contributed by atoms with Gasteiger partial charge < -0.3 is 9.73 Å². The molecule has 0 aliphatic carbocycles. The van der Waals surface area contributed by atoms with E-state index in [1.54, 1.807) is 25.1 Å². The molecule has 1 heterocycles. The number of halogens is 1. The molecule has 4 rings (SSSR count). The lowest BCUT2D eigenvalue weighted by Gasteiger charge is -2.19. The minimum Gasteiger partial charge on any atom is -0.455 e. The van der Waals surface area contributed by atoms with Gasteiger partial charge in [0.05, 0.1) is 22.7 Å². The van der Waals surface area contributed by atoms with Crippen LogP contribution in [0.1, 0.15) is 35.2 Å². The van der Waals surface area contributed by atoms with Gasteiger partial charge in [-0.25, -0.2) is 0 Å². The molecule has 0 saturated carbocycles. The maximum Gasteiger partial charge on any atom is 0.196 e. The number of benzene rings is 3. The van der Waals surface area contributed by atoms with Gasteiger partial charge in [0, 0.05) is 21.7 Å². The van der Waals surface area contributed by atoms with Crippen LogP contribution in [0.4, 0.5) is 5.69 Å². The van der Waals surface area contributed by atoms with Crippen LogP contribution >= 0.6 is 11.6 Å². The summed E-state index contributed by atoms with van der Waals surface area (Å²) in [6.07, 6.45) is 0. The summed E-state index contributed by atoms with van der Waals surface area (Å²) >= 11 is 6.03. The van der Waals surface area contributed by atoms with E-state index in [0.717, 1.165) is 16.7 Å². The van der Waals surface area contributed by atoms with Crippen LogP contribution in [-0.4, -0.2) is 0 Å². The van der Waals surface area contributed by atoms with Gasteiger partial charge >= 0.3 is 0 Å². The van der Waals surface area contributed by atoms with Gasteiger partial charge in [0.1, 0.15) is 17.4 Å². The molecule has 0 spiro atoms. The second-order valence-electron chi connectivity index (χ2n) is 7.65. The van der Waals surface area contributed by atoms with Gasteiger partial charge in [0.15, 0.2) is 5.43 Å². The predicted octanol–water partition coefficient (Wildman–Crippen LogP) is 6.78.